The molecule has 0 aliphatic carbocycles. The van der Waals surface area contributed by atoms with E-state index in [1.54, 1.807) is 20.5 Å². The molecular weight excluding hydrogens is 469 g/mol. The van der Waals surface area contributed by atoms with Crippen LogP contribution in [0.3, 0.4) is 0 Å². The van der Waals surface area contributed by atoms with Crippen molar-refractivity contribution in [3.63, 3.8) is 0 Å². The molecule has 0 radical (unpaired) electrons. The Bertz CT molecular complexity index is 720. The third-order valence-corrected chi connectivity index (χ3v) is 4.46. The summed E-state index contributed by atoms with van der Waals surface area (Å²) in [7, 11) is 3.34. The molecule has 0 aliphatic rings. The molecule has 2 N–H and O–H groups in total. The molecule has 156 valence electrons. The Morgan fingerprint density at radius 2 is 1.93 bits per heavy atom. The van der Waals surface area contributed by atoms with Crippen molar-refractivity contribution in [2.24, 2.45) is 4.99 Å². The van der Waals surface area contributed by atoms with Crippen LogP contribution in [0.4, 0.5) is 0 Å². The van der Waals surface area contributed by atoms with E-state index in [1.165, 1.54) is 0 Å². The summed E-state index contributed by atoms with van der Waals surface area (Å²) in [6, 6.07) is 9.97. The molecule has 6 nitrogen and oxygen atoms in total. The van der Waals surface area contributed by atoms with Gasteiger partial charge in [-0.25, -0.2) is 0 Å². The number of hydrogen-bond donors (Lipinski definition) is 2. The smallest absolute Gasteiger partial charge is 0.191 e. The first kappa shape index (κ1) is 24.1. The van der Waals surface area contributed by atoms with Gasteiger partial charge in [-0.3, -0.25) is 4.99 Å². The fraction of sp³-hybridized carbons (Fsp3) is 0.476. The average molecular weight is 501 g/mol. The zero-order valence-electron chi connectivity index (χ0n) is 17.3. The standard InChI is InChI=1S/C21H31N3O3.HI/c1-6-15(2)23-21(22-12-11-17-8-7-13-27-17)24-16(3)19-14-18(25-4)9-10-20(19)26-5;/h7-10,13-16H,6,11-12H2,1-5H3,(H2,22,23,24);1H. The highest BCUT2D eigenvalue weighted by atomic mass is 127. The van der Waals surface area contributed by atoms with Gasteiger partial charge in [0.25, 0.3) is 0 Å². The van der Waals surface area contributed by atoms with E-state index in [2.05, 4.69) is 31.4 Å². The number of rotatable bonds is 9. The Balaban J connectivity index is 0.00000392. The van der Waals surface area contributed by atoms with Crippen LogP contribution in [0.2, 0.25) is 0 Å². The van der Waals surface area contributed by atoms with Crippen molar-refractivity contribution in [1.82, 2.24) is 10.6 Å². The number of guanidine groups is 1. The Morgan fingerprint density at radius 1 is 1.14 bits per heavy atom. The molecule has 1 aromatic carbocycles. The lowest BCUT2D eigenvalue weighted by Gasteiger charge is -2.23. The van der Waals surface area contributed by atoms with Crippen LogP contribution in [0.1, 0.15) is 44.6 Å². The lowest BCUT2D eigenvalue weighted by molar-refractivity contribution is 0.394. The van der Waals surface area contributed by atoms with Gasteiger partial charge < -0.3 is 24.5 Å². The lowest BCUT2D eigenvalue weighted by Crippen LogP contribution is -2.43. The molecule has 0 fully saturated rings. The fourth-order valence-corrected chi connectivity index (χ4v) is 2.66. The average Bonchev–Trinajstić information content (AvgIpc) is 3.20. The van der Waals surface area contributed by atoms with E-state index >= 15 is 0 Å². The maximum Gasteiger partial charge on any atom is 0.191 e. The van der Waals surface area contributed by atoms with Gasteiger partial charge in [-0.1, -0.05) is 6.92 Å². The molecule has 2 atom stereocenters. The molecule has 1 heterocycles. The molecule has 2 rings (SSSR count). The summed E-state index contributed by atoms with van der Waals surface area (Å²) < 4.78 is 16.3. The highest BCUT2D eigenvalue weighted by molar-refractivity contribution is 14.0. The van der Waals surface area contributed by atoms with Crippen LogP contribution in [-0.2, 0) is 6.42 Å². The Labute approximate surface area is 185 Å². The minimum absolute atomic E-state index is 0. The molecule has 0 saturated carbocycles. The third kappa shape index (κ3) is 7.26. The van der Waals surface area contributed by atoms with Gasteiger partial charge in [-0.05, 0) is 50.6 Å². The van der Waals surface area contributed by atoms with Crippen LogP contribution in [0.25, 0.3) is 0 Å². The number of benzene rings is 1. The number of furan rings is 1. The third-order valence-electron chi connectivity index (χ3n) is 4.46. The van der Waals surface area contributed by atoms with Crippen molar-refractivity contribution in [3.05, 3.63) is 47.9 Å². The van der Waals surface area contributed by atoms with Crippen molar-refractivity contribution in [1.29, 1.82) is 0 Å². The normalized spacial score (nSPS) is 13.2. The number of nitrogens with one attached hydrogen (secondary N) is 2. The number of hydrogen-bond acceptors (Lipinski definition) is 4. The Kier molecular flexibility index (Phi) is 10.8. The maximum absolute atomic E-state index is 5.51. The lowest BCUT2D eigenvalue weighted by atomic mass is 10.1. The number of halogens is 1. The summed E-state index contributed by atoms with van der Waals surface area (Å²) in [5.41, 5.74) is 1.02. The molecule has 0 spiro atoms. The first-order valence-electron chi connectivity index (χ1n) is 9.39. The summed E-state index contributed by atoms with van der Waals surface area (Å²) in [4.78, 5) is 4.71. The molecule has 0 saturated heterocycles. The van der Waals surface area contributed by atoms with Gasteiger partial charge in [0.2, 0.25) is 0 Å². The summed E-state index contributed by atoms with van der Waals surface area (Å²) in [5, 5.41) is 6.93. The minimum atomic E-state index is -0.00558. The summed E-state index contributed by atoms with van der Waals surface area (Å²) >= 11 is 0. The van der Waals surface area contributed by atoms with Crippen LogP contribution in [0, 0.1) is 0 Å². The van der Waals surface area contributed by atoms with E-state index in [9.17, 15) is 0 Å². The van der Waals surface area contributed by atoms with Crippen molar-refractivity contribution >= 4 is 29.9 Å². The molecule has 1 aromatic heterocycles. The minimum Gasteiger partial charge on any atom is -0.497 e. The Morgan fingerprint density at radius 3 is 2.54 bits per heavy atom. The predicted octanol–water partition coefficient (Wildman–Crippen LogP) is 4.55. The highest BCUT2D eigenvalue weighted by Gasteiger charge is 2.15. The molecule has 7 heteroatoms. The van der Waals surface area contributed by atoms with Gasteiger partial charge in [-0.15, -0.1) is 24.0 Å². The molecule has 2 aromatic rings. The van der Waals surface area contributed by atoms with E-state index < -0.39 is 0 Å². The fourth-order valence-electron chi connectivity index (χ4n) is 2.66. The first-order chi connectivity index (χ1) is 13.1. The monoisotopic (exact) mass is 501 g/mol. The molecule has 28 heavy (non-hydrogen) atoms. The second kappa shape index (κ2) is 12.5. The summed E-state index contributed by atoms with van der Waals surface area (Å²) in [6.07, 6.45) is 3.46. The molecule has 0 amide bonds. The largest absolute Gasteiger partial charge is 0.497 e. The first-order valence-corrected chi connectivity index (χ1v) is 9.39. The van der Waals surface area contributed by atoms with Crippen molar-refractivity contribution in [2.75, 3.05) is 20.8 Å². The van der Waals surface area contributed by atoms with Gasteiger partial charge in [0, 0.05) is 24.6 Å². The van der Waals surface area contributed by atoms with Crippen LogP contribution >= 0.6 is 24.0 Å². The van der Waals surface area contributed by atoms with Gasteiger partial charge >= 0.3 is 0 Å². The zero-order valence-corrected chi connectivity index (χ0v) is 19.7. The van der Waals surface area contributed by atoms with E-state index in [0.29, 0.717) is 12.6 Å². The molecule has 2 unspecified atom stereocenters. The quantitative estimate of drug-likeness (QED) is 0.300. The van der Waals surface area contributed by atoms with E-state index in [-0.39, 0.29) is 30.0 Å². The number of methoxy groups -OCH3 is 2. The molecular formula is C21H32IN3O3. The second-order valence-electron chi connectivity index (χ2n) is 6.49. The van der Waals surface area contributed by atoms with Gasteiger partial charge in [-0.2, -0.15) is 0 Å². The Hall–Kier alpha value is -1.90. The number of nitrogens with zero attached hydrogens (tertiary/aromatic N) is 1. The van der Waals surface area contributed by atoms with Crippen LogP contribution in [0.15, 0.2) is 46.0 Å². The van der Waals surface area contributed by atoms with Gasteiger partial charge in [0.15, 0.2) is 5.96 Å². The SMILES string of the molecule is CCC(C)NC(=NCCc1ccco1)NC(C)c1cc(OC)ccc1OC.I. The van der Waals surface area contributed by atoms with Crippen molar-refractivity contribution in [2.45, 2.75) is 45.7 Å². The topological polar surface area (TPSA) is 68.0 Å². The van der Waals surface area contributed by atoms with Gasteiger partial charge in [0.1, 0.15) is 17.3 Å². The summed E-state index contributed by atoms with van der Waals surface area (Å²) in [6.45, 7) is 7.01. The van der Waals surface area contributed by atoms with Crippen molar-refractivity contribution in [3.8, 4) is 11.5 Å². The van der Waals surface area contributed by atoms with Crippen LogP contribution in [-0.4, -0.2) is 32.8 Å². The highest BCUT2D eigenvalue weighted by Crippen LogP contribution is 2.29. The van der Waals surface area contributed by atoms with E-state index in [1.807, 2.05) is 30.3 Å². The summed E-state index contributed by atoms with van der Waals surface area (Å²) in [5.74, 6) is 3.32. The van der Waals surface area contributed by atoms with E-state index in [0.717, 1.165) is 41.6 Å². The zero-order chi connectivity index (χ0) is 19.6. The second-order valence-corrected chi connectivity index (χ2v) is 6.49. The number of aliphatic imine (C=N–C) groups is 1. The van der Waals surface area contributed by atoms with E-state index in [4.69, 9.17) is 18.9 Å². The number of ether oxygens (including phenoxy) is 2. The maximum atomic E-state index is 5.51. The van der Waals surface area contributed by atoms with Gasteiger partial charge in [0.05, 0.1) is 26.5 Å². The molecule has 0 bridgehead atoms. The predicted molar refractivity (Wildman–Crippen MR) is 124 cm³/mol. The molecule has 0 aliphatic heterocycles. The van der Waals surface area contributed by atoms with Crippen LogP contribution < -0.4 is 20.1 Å². The van der Waals surface area contributed by atoms with Crippen molar-refractivity contribution < 1.29 is 13.9 Å². The van der Waals surface area contributed by atoms with Crippen LogP contribution in [0.5, 0.6) is 11.5 Å².